The number of nitrogens with zero attached hydrogens (tertiary/aromatic N) is 4. The highest BCUT2D eigenvalue weighted by atomic mass is 15.3. The first-order valence-electron chi connectivity index (χ1n) is 5.41. The van der Waals surface area contributed by atoms with Gasteiger partial charge in [-0.2, -0.15) is 4.98 Å². The first kappa shape index (κ1) is 10.2. The summed E-state index contributed by atoms with van der Waals surface area (Å²) in [6.45, 7) is 0. The number of rotatable bonds is 3. The summed E-state index contributed by atoms with van der Waals surface area (Å²) in [6, 6.07) is 2.65. The third-order valence-electron chi connectivity index (χ3n) is 3.01. The molecule has 1 saturated carbocycles. The third kappa shape index (κ3) is 2.03. The van der Waals surface area contributed by atoms with Crippen molar-refractivity contribution in [1.29, 1.82) is 0 Å². The summed E-state index contributed by atoms with van der Waals surface area (Å²) in [5, 5.41) is 0. The zero-order chi connectivity index (χ0) is 10.8. The van der Waals surface area contributed by atoms with E-state index in [1.807, 2.05) is 31.3 Å². The normalized spacial score (nSPS) is 15.9. The number of aromatic nitrogens is 2. The Morgan fingerprint density at radius 3 is 2.53 bits per heavy atom. The highest BCUT2D eigenvalue weighted by Crippen LogP contribution is 2.27. The smallest absolute Gasteiger partial charge is 0.226 e. The van der Waals surface area contributed by atoms with Crippen LogP contribution in [0.3, 0.4) is 0 Å². The van der Waals surface area contributed by atoms with Gasteiger partial charge in [0.05, 0.1) is 0 Å². The Morgan fingerprint density at radius 2 is 2.00 bits per heavy atom. The molecule has 1 fully saturated rings. The summed E-state index contributed by atoms with van der Waals surface area (Å²) in [5.41, 5.74) is 0. The number of hydrogen-bond donors (Lipinski definition) is 0. The first-order chi connectivity index (χ1) is 7.18. The van der Waals surface area contributed by atoms with Crippen molar-refractivity contribution in [3.8, 4) is 0 Å². The van der Waals surface area contributed by atoms with Crippen LogP contribution >= 0.6 is 0 Å². The van der Waals surface area contributed by atoms with Gasteiger partial charge in [-0.05, 0) is 25.3 Å². The molecule has 1 aliphatic carbocycles. The van der Waals surface area contributed by atoms with Crippen molar-refractivity contribution in [2.45, 2.75) is 25.3 Å². The van der Waals surface area contributed by atoms with Crippen molar-refractivity contribution in [2.24, 2.45) is 0 Å². The average molecular weight is 206 g/mol. The van der Waals surface area contributed by atoms with Crippen LogP contribution in [0, 0.1) is 0 Å². The van der Waals surface area contributed by atoms with Crippen LogP contribution in [0.25, 0.3) is 0 Å². The Hall–Kier alpha value is -1.32. The average Bonchev–Trinajstić information content (AvgIpc) is 2.15. The third-order valence-corrected chi connectivity index (χ3v) is 3.01. The van der Waals surface area contributed by atoms with Crippen molar-refractivity contribution in [1.82, 2.24) is 9.97 Å². The highest BCUT2D eigenvalue weighted by molar-refractivity contribution is 5.43. The predicted octanol–water partition coefficient (Wildman–Crippen LogP) is 1.53. The molecule has 0 unspecified atom stereocenters. The maximum Gasteiger partial charge on any atom is 0.226 e. The molecule has 2 rings (SSSR count). The topological polar surface area (TPSA) is 32.3 Å². The van der Waals surface area contributed by atoms with Gasteiger partial charge in [-0.25, -0.2) is 4.98 Å². The minimum atomic E-state index is 0.676. The summed E-state index contributed by atoms with van der Waals surface area (Å²) < 4.78 is 0. The van der Waals surface area contributed by atoms with Crippen LogP contribution < -0.4 is 9.80 Å². The zero-order valence-corrected chi connectivity index (χ0v) is 9.64. The van der Waals surface area contributed by atoms with Crippen LogP contribution in [0.5, 0.6) is 0 Å². The largest absolute Gasteiger partial charge is 0.357 e. The van der Waals surface area contributed by atoms with E-state index in [0.717, 1.165) is 11.8 Å². The van der Waals surface area contributed by atoms with Crippen LogP contribution in [-0.4, -0.2) is 37.2 Å². The van der Waals surface area contributed by atoms with E-state index in [0.29, 0.717) is 6.04 Å². The molecule has 0 saturated heterocycles. The SMILES string of the molecule is CN(C)c1nccc(N(C)C2CCC2)n1. The van der Waals surface area contributed by atoms with Gasteiger partial charge >= 0.3 is 0 Å². The minimum Gasteiger partial charge on any atom is -0.357 e. The van der Waals surface area contributed by atoms with Gasteiger partial charge in [0.1, 0.15) is 5.82 Å². The van der Waals surface area contributed by atoms with Gasteiger partial charge in [0, 0.05) is 33.4 Å². The second-order valence-corrected chi connectivity index (χ2v) is 4.30. The molecule has 4 nitrogen and oxygen atoms in total. The Labute approximate surface area is 90.9 Å². The number of anilines is 2. The fourth-order valence-corrected chi connectivity index (χ4v) is 1.71. The molecule has 82 valence electrons. The predicted molar refractivity (Wildman–Crippen MR) is 62.4 cm³/mol. The van der Waals surface area contributed by atoms with E-state index in [9.17, 15) is 0 Å². The summed E-state index contributed by atoms with van der Waals surface area (Å²) in [5.74, 6) is 1.80. The summed E-state index contributed by atoms with van der Waals surface area (Å²) >= 11 is 0. The van der Waals surface area contributed by atoms with Gasteiger partial charge in [-0.15, -0.1) is 0 Å². The second kappa shape index (κ2) is 4.04. The molecule has 0 aliphatic heterocycles. The van der Waals surface area contributed by atoms with Gasteiger partial charge in [0.2, 0.25) is 5.95 Å². The standard InChI is InChI=1S/C11H18N4/c1-14(2)11-12-8-7-10(13-11)15(3)9-5-4-6-9/h7-9H,4-6H2,1-3H3. The molecule has 0 atom stereocenters. The van der Waals surface area contributed by atoms with Gasteiger partial charge < -0.3 is 9.80 Å². The minimum absolute atomic E-state index is 0.676. The van der Waals surface area contributed by atoms with E-state index in [4.69, 9.17) is 0 Å². The lowest BCUT2D eigenvalue weighted by atomic mass is 9.92. The Bertz CT molecular complexity index is 333. The molecular weight excluding hydrogens is 188 g/mol. The molecule has 1 aromatic rings. The summed E-state index contributed by atoms with van der Waals surface area (Å²) in [7, 11) is 6.04. The molecule has 0 N–H and O–H groups in total. The molecule has 0 aromatic carbocycles. The van der Waals surface area contributed by atoms with E-state index in [-0.39, 0.29) is 0 Å². The Morgan fingerprint density at radius 1 is 1.27 bits per heavy atom. The van der Waals surface area contributed by atoms with E-state index in [1.54, 1.807) is 0 Å². The van der Waals surface area contributed by atoms with Crippen molar-refractivity contribution in [3.05, 3.63) is 12.3 Å². The lowest BCUT2D eigenvalue weighted by molar-refractivity contribution is 0.399. The second-order valence-electron chi connectivity index (χ2n) is 4.30. The molecule has 1 heterocycles. The van der Waals surface area contributed by atoms with Gasteiger partial charge in [-0.1, -0.05) is 0 Å². The molecule has 1 aliphatic rings. The van der Waals surface area contributed by atoms with Crippen LogP contribution in [0.2, 0.25) is 0 Å². The molecule has 0 bridgehead atoms. The Kier molecular flexibility index (Phi) is 2.75. The van der Waals surface area contributed by atoms with Gasteiger partial charge in [-0.3, -0.25) is 0 Å². The molecule has 4 heteroatoms. The lowest BCUT2D eigenvalue weighted by Gasteiger charge is -2.35. The summed E-state index contributed by atoms with van der Waals surface area (Å²) in [4.78, 5) is 12.9. The van der Waals surface area contributed by atoms with Crippen LogP contribution in [0.15, 0.2) is 12.3 Å². The van der Waals surface area contributed by atoms with Crippen LogP contribution in [-0.2, 0) is 0 Å². The fraction of sp³-hybridized carbons (Fsp3) is 0.636. The monoisotopic (exact) mass is 206 g/mol. The molecule has 15 heavy (non-hydrogen) atoms. The molecule has 0 radical (unpaired) electrons. The van der Waals surface area contributed by atoms with E-state index in [1.165, 1.54) is 19.3 Å². The van der Waals surface area contributed by atoms with Crippen molar-refractivity contribution in [2.75, 3.05) is 30.9 Å². The highest BCUT2D eigenvalue weighted by Gasteiger charge is 2.23. The molecule has 1 aromatic heterocycles. The quantitative estimate of drug-likeness (QED) is 0.750. The first-order valence-corrected chi connectivity index (χ1v) is 5.41. The van der Waals surface area contributed by atoms with Gasteiger partial charge in [0.25, 0.3) is 0 Å². The molecule has 0 amide bonds. The van der Waals surface area contributed by atoms with Crippen molar-refractivity contribution >= 4 is 11.8 Å². The van der Waals surface area contributed by atoms with E-state index >= 15 is 0 Å². The lowest BCUT2D eigenvalue weighted by Crippen LogP contribution is -2.37. The van der Waals surface area contributed by atoms with E-state index in [2.05, 4.69) is 21.9 Å². The van der Waals surface area contributed by atoms with Crippen molar-refractivity contribution in [3.63, 3.8) is 0 Å². The fourth-order valence-electron chi connectivity index (χ4n) is 1.71. The molecular formula is C11H18N4. The number of hydrogen-bond acceptors (Lipinski definition) is 4. The molecule has 0 spiro atoms. The maximum atomic E-state index is 4.52. The van der Waals surface area contributed by atoms with E-state index < -0.39 is 0 Å². The van der Waals surface area contributed by atoms with Crippen LogP contribution in [0.4, 0.5) is 11.8 Å². The maximum absolute atomic E-state index is 4.52. The summed E-state index contributed by atoms with van der Waals surface area (Å²) in [6.07, 6.45) is 5.75. The Balaban J connectivity index is 2.16. The van der Waals surface area contributed by atoms with Gasteiger partial charge in [0.15, 0.2) is 0 Å². The zero-order valence-electron chi connectivity index (χ0n) is 9.64. The van der Waals surface area contributed by atoms with Crippen molar-refractivity contribution < 1.29 is 0 Å². The van der Waals surface area contributed by atoms with Crippen LogP contribution in [0.1, 0.15) is 19.3 Å².